The molecule has 3 aromatic rings. The molecule has 224 valence electrons. The standard InChI is InChI=1S/C34H38N4O5/c1-7-20-16(3)24-13-26-18(5)22(9-10-30(40)41)32(37-26)23(11-12-39)33-31(34(42)43)19(6)27(38-33)15-29-21(8-2)17(4)25(36-29)14-28(20)35-24/h7,13-15,18,22,36,38-39H,1,8-12H2,2-6H3,(H,40,41)(H,42,43)/t18-,22-/m0/s1. The van der Waals surface area contributed by atoms with E-state index in [0.717, 1.165) is 56.8 Å². The van der Waals surface area contributed by atoms with E-state index in [0.29, 0.717) is 34.3 Å². The molecule has 0 unspecified atom stereocenters. The van der Waals surface area contributed by atoms with Crippen molar-refractivity contribution in [2.75, 3.05) is 6.61 Å². The van der Waals surface area contributed by atoms with Crippen LogP contribution in [-0.4, -0.2) is 53.8 Å². The summed E-state index contributed by atoms with van der Waals surface area (Å²) in [7, 11) is 0. The van der Waals surface area contributed by atoms with Crippen molar-refractivity contribution in [3.63, 3.8) is 0 Å². The molecule has 0 aromatic carbocycles. The third-order valence-corrected chi connectivity index (χ3v) is 8.98. The highest BCUT2D eigenvalue weighted by Gasteiger charge is 2.33. The van der Waals surface area contributed by atoms with Crippen LogP contribution in [0.1, 0.15) is 101 Å². The van der Waals surface area contributed by atoms with Gasteiger partial charge in [-0.15, -0.1) is 0 Å². The second kappa shape index (κ2) is 11.6. The first-order valence-electron chi connectivity index (χ1n) is 14.7. The first-order chi connectivity index (χ1) is 20.5. The third kappa shape index (κ3) is 5.18. The Kier molecular flexibility index (Phi) is 8.12. The Balaban J connectivity index is 2.02. The Morgan fingerprint density at radius 3 is 2.33 bits per heavy atom. The molecule has 9 nitrogen and oxygen atoms in total. The van der Waals surface area contributed by atoms with E-state index in [1.165, 1.54) is 0 Å². The number of aliphatic hydroxyl groups is 1. The number of aryl methyl sites for hydroxylation is 3. The Hall–Kier alpha value is -4.50. The zero-order valence-electron chi connectivity index (χ0n) is 25.3. The highest BCUT2D eigenvalue weighted by Crippen LogP contribution is 2.43. The van der Waals surface area contributed by atoms with Crippen molar-refractivity contribution in [2.45, 2.75) is 72.1 Å². The van der Waals surface area contributed by atoms with Gasteiger partial charge >= 0.3 is 11.9 Å². The van der Waals surface area contributed by atoms with Gasteiger partial charge in [-0.05, 0) is 80.5 Å². The summed E-state index contributed by atoms with van der Waals surface area (Å²) in [5.74, 6) is -2.46. The number of hydrogen-bond donors (Lipinski definition) is 5. The minimum atomic E-state index is -1.09. The Morgan fingerprint density at radius 2 is 1.70 bits per heavy atom. The smallest absolute Gasteiger partial charge is 0.338 e. The molecule has 2 aliphatic rings. The monoisotopic (exact) mass is 582 g/mol. The summed E-state index contributed by atoms with van der Waals surface area (Å²) in [6, 6.07) is 5.90. The summed E-state index contributed by atoms with van der Waals surface area (Å²) >= 11 is 0. The number of carbonyl (C=O) groups is 2. The number of allylic oxidation sites excluding steroid dienone is 3. The number of aliphatic carboxylic acids is 1. The van der Waals surface area contributed by atoms with Crippen LogP contribution in [0.25, 0.3) is 33.2 Å². The van der Waals surface area contributed by atoms with E-state index < -0.39 is 11.9 Å². The van der Waals surface area contributed by atoms with Crippen LogP contribution in [0.5, 0.6) is 0 Å². The number of nitrogens with zero attached hydrogens (tertiary/aromatic N) is 2. The number of nitrogens with one attached hydrogen (secondary N) is 2. The van der Waals surface area contributed by atoms with E-state index in [1.807, 2.05) is 38.1 Å². The van der Waals surface area contributed by atoms with Crippen molar-refractivity contribution in [3.8, 4) is 0 Å². The topological polar surface area (TPSA) is 152 Å². The molecule has 9 heteroatoms. The number of H-pyrrole nitrogens is 2. The molecule has 0 fully saturated rings. The molecule has 5 N–H and O–H groups in total. The summed E-state index contributed by atoms with van der Waals surface area (Å²) in [6.07, 6.45) is 2.98. The summed E-state index contributed by atoms with van der Waals surface area (Å²) in [5, 5.41) is 30.1. The predicted octanol–water partition coefficient (Wildman–Crippen LogP) is 6.60. The molecule has 43 heavy (non-hydrogen) atoms. The lowest BCUT2D eigenvalue weighted by Crippen LogP contribution is -2.09. The van der Waals surface area contributed by atoms with Crippen LogP contribution < -0.4 is 0 Å². The highest BCUT2D eigenvalue weighted by molar-refractivity contribution is 6.02. The fourth-order valence-electron chi connectivity index (χ4n) is 6.57. The number of carboxylic acid groups (broad SMARTS) is 2. The number of aromatic amines is 2. The number of aromatic carboxylic acids is 1. The van der Waals surface area contributed by atoms with Crippen LogP contribution in [0.2, 0.25) is 0 Å². The van der Waals surface area contributed by atoms with Crippen LogP contribution in [0.3, 0.4) is 0 Å². The molecule has 0 spiro atoms. The lowest BCUT2D eigenvalue weighted by atomic mass is 9.85. The summed E-state index contributed by atoms with van der Waals surface area (Å²) in [5.41, 5.74) is 11.0. The average molecular weight is 583 g/mol. The molecule has 0 saturated heterocycles. The Morgan fingerprint density at radius 1 is 0.977 bits per heavy atom. The lowest BCUT2D eigenvalue weighted by molar-refractivity contribution is -0.137. The van der Waals surface area contributed by atoms with Gasteiger partial charge in [-0.3, -0.25) is 9.78 Å². The highest BCUT2D eigenvalue weighted by atomic mass is 16.4. The minimum absolute atomic E-state index is 0.0657. The van der Waals surface area contributed by atoms with Crippen LogP contribution in [-0.2, 0) is 17.6 Å². The minimum Gasteiger partial charge on any atom is -0.481 e. The molecular formula is C34H38N4O5. The molecule has 5 rings (SSSR count). The van der Waals surface area contributed by atoms with Crippen LogP contribution in [0, 0.1) is 13.8 Å². The molecule has 0 amide bonds. The fraction of sp³-hybridized carbons (Fsp3) is 0.353. The molecule has 0 aliphatic carbocycles. The van der Waals surface area contributed by atoms with Crippen molar-refractivity contribution >= 4 is 45.2 Å². The van der Waals surface area contributed by atoms with Crippen molar-refractivity contribution in [1.29, 1.82) is 0 Å². The van der Waals surface area contributed by atoms with Gasteiger partial charge in [0.15, 0.2) is 0 Å². The number of rotatable bonds is 8. The second-order valence-corrected chi connectivity index (χ2v) is 11.4. The SMILES string of the molecule is C=CC1=C(C)c2cc3nc(c(CCO)c4[nH]c(cc5[nH]c(cc1n2)c(C)c5CC)c(C)c4C(=O)O)[C@@H](CCC(=O)O)[C@@H]3C. The Bertz CT molecular complexity index is 1860. The van der Waals surface area contributed by atoms with Crippen molar-refractivity contribution < 1.29 is 24.9 Å². The molecule has 8 bridgehead atoms. The number of carboxylic acids is 2. The number of hydrogen-bond acceptors (Lipinski definition) is 5. The van der Waals surface area contributed by atoms with E-state index in [-0.39, 0.29) is 36.8 Å². The Labute approximate surface area is 250 Å². The summed E-state index contributed by atoms with van der Waals surface area (Å²) in [4.78, 5) is 41.3. The molecule has 3 aromatic heterocycles. The van der Waals surface area contributed by atoms with Gasteiger partial charge in [-0.25, -0.2) is 9.78 Å². The summed E-state index contributed by atoms with van der Waals surface area (Å²) < 4.78 is 0. The van der Waals surface area contributed by atoms with Gasteiger partial charge < -0.3 is 25.3 Å². The van der Waals surface area contributed by atoms with E-state index in [9.17, 15) is 24.9 Å². The maximum Gasteiger partial charge on any atom is 0.338 e. The number of aromatic nitrogens is 4. The van der Waals surface area contributed by atoms with E-state index in [4.69, 9.17) is 9.97 Å². The van der Waals surface area contributed by atoms with Crippen LogP contribution in [0.15, 0.2) is 30.9 Å². The third-order valence-electron chi connectivity index (χ3n) is 8.98. The van der Waals surface area contributed by atoms with Crippen molar-refractivity contribution in [1.82, 2.24) is 19.9 Å². The first-order valence-corrected chi connectivity index (χ1v) is 14.7. The normalized spacial score (nSPS) is 16.5. The maximum absolute atomic E-state index is 12.7. The van der Waals surface area contributed by atoms with Gasteiger partial charge in [0.05, 0.1) is 22.5 Å². The van der Waals surface area contributed by atoms with Gasteiger partial charge in [0.2, 0.25) is 0 Å². The van der Waals surface area contributed by atoms with Crippen LogP contribution in [0.4, 0.5) is 0 Å². The maximum atomic E-state index is 12.7. The first kappa shape index (κ1) is 30.0. The molecule has 2 aliphatic heterocycles. The molecular weight excluding hydrogens is 544 g/mol. The van der Waals surface area contributed by atoms with Gasteiger partial charge in [-0.2, -0.15) is 0 Å². The molecule has 0 saturated carbocycles. The average Bonchev–Trinajstić information content (AvgIpc) is 3.63. The predicted molar refractivity (Wildman–Crippen MR) is 168 cm³/mol. The summed E-state index contributed by atoms with van der Waals surface area (Å²) in [6.45, 7) is 13.7. The van der Waals surface area contributed by atoms with Crippen molar-refractivity contribution in [3.05, 3.63) is 81.4 Å². The van der Waals surface area contributed by atoms with E-state index in [1.54, 1.807) is 6.92 Å². The zero-order valence-corrected chi connectivity index (χ0v) is 25.3. The van der Waals surface area contributed by atoms with E-state index in [2.05, 4.69) is 30.4 Å². The quantitative estimate of drug-likeness (QED) is 0.201. The fourth-order valence-corrected chi connectivity index (χ4v) is 6.57. The van der Waals surface area contributed by atoms with Crippen molar-refractivity contribution in [2.24, 2.45) is 0 Å². The molecule has 0 radical (unpaired) electrons. The zero-order chi connectivity index (χ0) is 31.2. The van der Waals surface area contributed by atoms with Gasteiger partial charge in [0, 0.05) is 63.9 Å². The largest absolute Gasteiger partial charge is 0.481 e. The number of fused-ring (bicyclic) bond motifs is 8. The van der Waals surface area contributed by atoms with Gasteiger partial charge in [-0.1, -0.05) is 26.5 Å². The van der Waals surface area contributed by atoms with E-state index >= 15 is 0 Å². The second-order valence-electron chi connectivity index (χ2n) is 11.4. The molecule has 2 atom stereocenters. The van der Waals surface area contributed by atoms with Crippen LogP contribution >= 0.6 is 0 Å². The van der Waals surface area contributed by atoms with Gasteiger partial charge in [0.25, 0.3) is 0 Å². The van der Waals surface area contributed by atoms with Gasteiger partial charge in [0.1, 0.15) is 0 Å². The lowest BCUT2D eigenvalue weighted by Gasteiger charge is -2.17. The molecule has 5 heterocycles. The number of aliphatic hydroxyl groups excluding tert-OH is 1.